The summed E-state index contributed by atoms with van der Waals surface area (Å²) in [6, 6.07) is 0.120. The van der Waals surface area contributed by atoms with Gasteiger partial charge in [-0.15, -0.1) is 0 Å². The maximum absolute atomic E-state index is 11.5. The van der Waals surface area contributed by atoms with Gasteiger partial charge in [0.1, 0.15) is 6.33 Å². The first-order valence-electron chi connectivity index (χ1n) is 4.33. The number of rotatable bonds is 3. The van der Waals surface area contributed by atoms with Crippen LogP contribution in [0.5, 0.6) is 0 Å². The van der Waals surface area contributed by atoms with Crippen LogP contribution in [-0.2, 0) is 6.54 Å². The monoisotopic (exact) mass is 182 g/mol. The molecule has 5 heteroatoms. The van der Waals surface area contributed by atoms with Gasteiger partial charge in [0.2, 0.25) is 5.82 Å². The lowest BCUT2D eigenvalue weighted by Gasteiger charge is -2.07. The van der Waals surface area contributed by atoms with Crippen molar-refractivity contribution in [2.45, 2.75) is 33.4 Å². The fourth-order valence-corrected chi connectivity index (χ4v) is 0.998. The van der Waals surface area contributed by atoms with Crippen LogP contribution in [0, 0.1) is 0 Å². The smallest absolute Gasteiger partial charge is 0.289 e. The normalized spacial score (nSPS) is 10.5. The number of nitrogens with zero attached hydrogens (tertiary/aromatic N) is 3. The van der Waals surface area contributed by atoms with Crippen molar-refractivity contribution >= 4 is 5.91 Å². The van der Waals surface area contributed by atoms with Gasteiger partial charge in [0.05, 0.1) is 0 Å². The summed E-state index contributed by atoms with van der Waals surface area (Å²) in [4.78, 5) is 15.3. The minimum atomic E-state index is -0.172. The second-order valence-corrected chi connectivity index (χ2v) is 3.03. The van der Waals surface area contributed by atoms with Gasteiger partial charge in [-0.1, -0.05) is 0 Å². The molecule has 5 nitrogen and oxygen atoms in total. The molecule has 0 spiro atoms. The molecule has 0 saturated carbocycles. The summed E-state index contributed by atoms with van der Waals surface area (Å²) < 4.78 is 1.57. The average Bonchev–Trinajstić information content (AvgIpc) is 2.49. The highest BCUT2D eigenvalue weighted by atomic mass is 16.2. The van der Waals surface area contributed by atoms with E-state index in [0.717, 1.165) is 0 Å². The van der Waals surface area contributed by atoms with Crippen molar-refractivity contribution in [1.29, 1.82) is 0 Å². The number of hydrogen-bond donors (Lipinski definition) is 1. The van der Waals surface area contributed by atoms with Crippen LogP contribution >= 0.6 is 0 Å². The van der Waals surface area contributed by atoms with Crippen LogP contribution in [0.25, 0.3) is 0 Å². The lowest BCUT2D eigenvalue weighted by molar-refractivity contribution is 0.0927. The number of aromatic nitrogens is 3. The standard InChI is InChI=1S/C8H14N4O/c1-4-12-7(9-5-10-12)8(13)11-6(2)3/h5-6H,4H2,1-3H3,(H,11,13). The Kier molecular flexibility index (Phi) is 3.00. The lowest BCUT2D eigenvalue weighted by Crippen LogP contribution is -2.32. The molecule has 1 heterocycles. The molecule has 1 aromatic rings. The van der Waals surface area contributed by atoms with Crippen LogP contribution in [-0.4, -0.2) is 26.7 Å². The molecule has 0 aliphatic rings. The highest BCUT2D eigenvalue weighted by Gasteiger charge is 2.12. The number of aryl methyl sites for hydroxylation is 1. The Morgan fingerprint density at radius 2 is 2.38 bits per heavy atom. The Bertz CT molecular complexity index is 292. The summed E-state index contributed by atoms with van der Waals surface area (Å²) in [5, 5.41) is 6.67. The quantitative estimate of drug-likeness (QED) is 0.737. The number of nitrogens with one attached hydrogen (secondary N) is 1. The second-order valence-electron chi connectivity index (χ2n) is 3.03. The molecule has 0 aromatic carbocycles. The number of carbonyl (C=O) groups excluding carboxylic acids is 1. The van der Waals surface area contributed by atoms with Gasteiger partial charge in [-0.05, 0) is 20.8 Å². The zero-order chi connectivity index (χ0) is 9.84. The molecule has 1 N–H and O–H groups in total. The predicted molar refractivity (Wildman–Crippen MR) is 48.3 cm³/mol. The summed E-state index contributed by atoms with van der Waals surface area (Å²) in [6.45, 7) is 6.39. The van der Waals surface area contributed by atoms with Gasteiger partial charge >= 0.3 is 0 Å². The molecule has 0 unspecified atom stereocenters. The van der Waals surface area contributed by atoms with Crippen molar-refractivity contribution < 1.29 is 4.79 Å². The number of carbonyl (C=O) groups is 1. The van der Waals surface area contributed by atoms with Crippen molar-refractivity contribution in [1.82, 2.24) is 20.1 Å². The van der Waals surface area contributed by atoms with Crippen molar-refractivity contribution in [3.05, 3.63) is 12.2 Å². The molecule has 1 aromatic heterocycles. The molecule has 0 saturated heterocycles. The zero-order valence-electron chi connectivity index (χ0n) is 8.11. The van der Waals surface area contributed by atoms with Crippen LogP contribution in [0.3, 0.4) is 0 Å². The molecular formula is C8H14N4O. The van der Waals surface area contributed by atoms with Crippen molar-refractivity contribution in [3.63, 3.8) is 0 Å². The van der Waals surface area contributed by atoms with E-state index in [9.17, 15) is 4.79 Å². The van der Waals surface area contributed by atoms with E-state index in [-0.39, 0.29) is 11.9 Å². The Morgan fingerprint density at radius 1 is 1.69 bits per heavy atom. The van der Waals surface area contributed by atoms with Crippen LogP contribution in [0.1, 0.15) is 31.4 Å². The third kappa shape index (κ3) is 2.27. The van der Waals surface area contributed by atoms with E-state index >= 15 is 0 Å². The molecule has 0 atom stereocenters. The maximum Gasteiger partial charge on any atom is 0.289 e. The van der Waals surface area contributed by atoms with Gasteiger partial charge in [-0.25, -0.2) is 9.67 Å². The highest BCUT2D eigenvalue weighted by molar-refractivity contribution is 5.90. The minimum absolute atomic E-state index is 0.120. The highest BCUT2D eigenvalue weighted by Crippen LogP contribution is 1.94. The van der Waals surface area contributed by atoms with E-state index in [2.05, 4.69) is 15.4 Å². The number of hydrogen-bond acceptors (Lipinski definition) is 3. The molecule has 0 fully saturated rings. The van der Waals surface area contributed by atoms with Crippen LogP contribution in [0.4, 0.5) is 0 Å². The third-order valence-corrected chi connectivity index (χ3v) is 1.54. The van der Waals surface area contributed by atoms with Crippen LogP contribution in [0.15, 0.2) is 6.33 Å². The topological polar surface area (TPSA) is 59.8 Å². The maximum atomic E-state index is 11.5. The zero-order valence-corrected chi connectivity index (χ0v) is 8.11. The second kappa shape index (κ2) is 4.02. The molecule has 0 aliphatic heterocycles. The van der Waals surface area contributed by atoms with Gasteiger partial charge in [0.15, 0.2) is 0 Å². The molecule has 0 radical (unpaired) electrons. The first-order chi connectivity index (χ1) is 6.15. The Hall–Kier alpha value is -1.39. The molecule has 1 amide bonds. The van der Waals surface area contributed by atoms with Gasteiger partial charge in [-0.3, -0.25) is 4.79 Å². The van der Waals surface area contributed by atoms with E-state index in [1.54, 1.807) is 4.68 Å². The number of amides is 1. The van der Waals surface area contributed by atoms with E-state index in [0.29, 0.717) is 12.4 Å². The van der Waals surface area contributed by atoms with E-state index in [4.69, 9.17) is 0 Å². The lowest BCUT2D eigenvalue weighted by atomic mass is 10.4. The van der Waals surface area contributed by atoms with E-state index < -0.39 is 0 Å². The summed E-state index contributed by atoms with van der Waals surface area (Å²) in [6.07, 6.45) is 1.39. The van der Waals surface area contributed by atoms with Crippen molar-refractivity contribution in [2.75, 3.05) is 0 Å². The largest absolute Gasteiger partial charge is 0.347 e. The minimum Gasteiger partial charge on any atom is -0.347 e. The van der Waals surface area contributed by atoms with Gasteiger partial charge in [0, 0.05) is 12.6 Å². The SMILES string of the molecule is CCn1ncnc1C(=O)NC(C)C. The Labute approximate surface area is 77.2 Å². The Morgan fingerprint density at radius 3 is 2.92 bits per heavy atom. The molecule has 1 rings (SSSR count). The van der Waals surface area contributed by atoms with Gasteiger partial charge < -0.3 is 5.32 Å². The molecular weight excluding hydrogens is 168 g/mol. The van der Waals surface area contributed by atoms with Gasteiger partial charge in [-0.2, -0.15) is 5.10 Å². The average molecular weight is 182 g/mol. The molecule has 13 heavy (non-hydrogen) atoms. The predicted octanol–water partition coefficient (Wildman–Crippen LogP) is 0.436. The molecule has 72 valence electrons. The van der Waals surface area contributed by atoms with Gasteiger partial charge in [0.25, 0.3) is 5.91 Å². The summed E-state index contributed by atoms with van der Waals surface area (Å²) in [5.74, 6) is 0.200. The fraction of sp³-hybridized carbons (Fsp3) is 0.625. The van der Waals surface area contributed by atoms with Crippen LogP contribution < -0.4 is 5.32 Å². The molecule has 0 bridgehead atoms. The fourth-order valence-electron chi connectivity index (χ4n) is 0.998. The van der Waals surface area contributed by atoms with Crippen LogP contribution in [0.2, 0.25) is 0 Å². The summed E-state index contributed by atoms with van der Waals surface area (Å²) in [5.41, 5.74) is 0. The Balaban J connectivity index is 2.76. The van der Waals surface area contributed by atoms with E-state index in [1.165, 1.54) is 6.33 Å². The third-order valence-electron chi connectivity index (χ3n) is 1.54. The molecule has 0 aliphatic carbocycles. The first kappa shape index (κ1) is 9.70. The summed E-state index contributed by atoms with van der Waals surface area (Å²) in [7, 11) is 0. The van der Waals surface area contributed by atoms with E-state index in [1.807, 2.05) is 20.8 Å². The first-order valence-corrected chi connectivity index (χ1v) is 4.33. The van der Waals surface area contributed by atoms with Crippen molar-refractivity contribution in [3.8, 4) is 0 Å². The summed E-state index contributed by atoms with van der Waals surface area (Å²) >= 11 is 0. The van der Waals surface area contributed by atoms with Crippen molar-refractivity contribution in [2.24, 2.45) is 0 Å².